The van der Waals surface area contributed by atoms with E-state index in [1.54, 1.807) is 0 Å². The maximum absolute atomic E-state index is 9.84. The SMILES string of the molecule is CC(C)Cc1cccc2c1NCCOB2O. The Morgan fingerprint density at radius 1 is 1.50 bits per heavy atom. The van der Waals surface area contributed by atoms with Gasteiger partial charge < -0.3 is 15.0 Å². The Labute approximate surface area is 97.0 Å². The fourth-order valence-electron chi connectivity index (χ4n) is 2.09. The highest BCUT2D eigenvalue weighted by molar-refractivity contribution is 6.62. The van der Waals surface area contributed by atoms with Crippen LogP contribution in [0.5, 0.6) is 0 Å². The highest BCUT2D eigenvalue weighted by Gasteiger charge is 2.24. The van der Waals surface area contributed by atoms with Gasteiger partial charge in [-0.3, -0.25) is 0 Å². The van der Waals surface area contributed by atoms with Gasteiger partial charge in [-0.1, -0.05) is 32.0 Å². The van der Waals surface area contributed by atoms with Crippen molar-refractivity contribution in [3.63, 3.8) is 0 Å². The molecule has 1 aliphatic rings. The first-order valence-corrected chi connectivity index (χ1v) is 5.84. The molecule has 2 N–H and O–H groups in total. The third-order valence-electron chi connectivity index (χ3n) is 2.76. The molecule has 0 saturated heterocycles. The number of para-hydroxylation sites is 1. The van der Waals surface area contributed by atoms with E-state index >= 15 is 0 Å². The minimum atomic E-state index is -0.794. The number of nitrogens with one attached hydrogen (secondary N) is 1. The molecule has 4 heteroatoms. The molecule has 0 aromatic heterocycles. The van der Waals surface area contributed by atoms with Crippen molar-refractivity contribution < 1.29 is 9.68 Å². The fraction of sp³-hybridized carbons (Fsp3) is 0.500. The highest BCUT2D eigenvalue weighted by Crippen LogP contribution is 2.19. The Hall–Kier alpha value is -0.995. The van der Waals surface area contributed by atoms with Gasteiger partial charge in [0.1, 0.15) is 0 Å². The zero-order valence-electron chi connectivity index (χ0n) is 9.86. The summed E-state index contributed by atoms with van der Waals surface area (Å²) in [6.45, 7) is 5.68. The van der Waals surface area contributed by atoms with Crippen molar-refractivity contribution in [2.45, 2.75) is 20.3 Å². The van der Waals surface area contributed by atoms with Crippen LogP contribution >= 0.6 is 0 Å². The summed E-state index contributed by atoms with van der Waals surface area (Å²) in [5.74, 6) is 0.606. The average Bonchev–Trinajstić information content (AvgIpc) is 2.41. The Morgan fingerprint density at radius 3 is 3.06 bits per heavy atom. The average molecular weight is 219 g/mol. The monoisotopic (exact) mass is 219 g/mol. The van der Waals surface area contributed by atoms with E-state index in [9.17, 15) is 5.02 Å². The quantitative estimate of drug-likeness (QED) is 0.729. The van der Waals surface area contributed by atoms with Crippen LogP contribution < -0.4 is 10.8 Å². The van der Waals surface area contributed by atoms with E-state index in [1.807, 2.05) is 12.1 Å². The molecule has 1 aromatic rings. The summed E-state index contributed by atoms with van der Waals surface area (Å²) in [4.78, 5) is 0. The molecule has 0 aliphatic carbocycles. The van der Waals surface area contributed by atoms with Crippen molar-refractivity contribution in [2.75, 3.05) is 18.5 Å². The van der Waals surface area contributed by atoms with Crippen LogP contribution in [0.25, 0.3) is 0 Å². The number of hydrogen-bond donors (Lipinski definition) is 2. The van der Waals surface area contributed by atoms with Gasteiger partial charge in [0.05, 0.1) is 0 Å². The van der Waals surface area contributed by atoms with Crippen LogP contribution in [0, 0.1) is 5.92 Å². The Balaban J connectivity index is 2.36. The van der Waals surface area contributed by atoms with Gasteiger partial charge in [-0.25, -0.2) is 0 Å². The Bertz CT molecular complexity index is 368. The zero-order chi connectivity index (χ0) is 11.5. The summed E-state index contributed by atoms with van der Waals surface area (Å²) in [5, 5.41) is 13.2. The van der Waals surface area contributed by atoms with Gasteiger partial charge in [0.15, 0.2) is 0 Å². The van der Waals surface area contributed by atoms with Crippen molar-refractivity contribution in [3.05, 3.63) is 23.8 Å². The van der Waals surface area contributed by atoms with E-state index in [1.165, 1.54) is 5.56 Å². The second-order valence-corrected chi connectivity index (χ2v) is 4.63. The third-order valence-corrected chi connectivity index (χ3v) is 2.76. The van der Waals surface area contributed by atoms with Crippen LogP contribution in [0.1, 0.15) is 19.4 Å². The molecule has 0 fully saturated rings. The Kier molecular flexibility index (Phi) is 3.51. The lowest BCUT2D eigenvalue weighted by molar-refractivity contribution is 0.284. The molecule has 86 valence electrons. The fourth-order valence-corrected chi connectivity index (χ4v) is 2.09. The van der Waals surface area contributed by atoms with E-state index in [0.29, 0.717) is 12.5 Å². The lowest BCUT2D eigenvalue weighted by Gasteiger charge is -2.15. The number of hydrogen-bond acceptors (Lipinski definition) is 3. The minimum absolute atomic E-state index is 0.539. The van der Waals surface area contributed by atoms with E-state index in [2.05, 4.69) is 25.2 Å². The molecule has 0 radical (unpaired) electrons. The summed E-state index contributed by atoms with van der Waals surface area (Å²) in [6.07, 6.45) is 1.02. The maximum atomic E-state index is 9.84. The van der Waals surface area contributed by atoms with Crippen LogP contribution in [0.2, 0.25) is 0 Å². The summed E-state index contributed by atoms with van der Waals surface area (Å²) >= 11 is 0. The molecule has 0 bridgehead atoms. The predicted octanol–water partition coefficient (Wildman–Crippen LogP) is 1.01. The van der Waals surface area contributed by atoms with Crippen LogP contribution in [-0.2, 0) is 11.1 Å². The molecule has 1 aromatic carbocycles. The lowest BCUT2D eigenvalue weighted by Crippen LogP contribution is -2.33. The maximum Gasteiger partial charge on any atom is 0.493 e. The van der Waals surface area contributed by atoms with Gasteiger partial charge in [-0.2, -0.15) is 0 Å². The highest BCUT2D eigenvalue weighted by atomic mass is 16.5. The molecular weight excluding hydrogens is 201 g/mol. The molecule has 0 unspecified atom stereocenters. The van der Waals surface area contributed by atoms with Gasteiger partial charge in [0.25, 0.3) is 0 Å². The molecule has 0 saturated carbocycles. The smallest absolute Gasteiger partial charge is 0.423 e. The summed E-state index contributed by atoms with van der Waals surface area (Å²) < 4.78 is 5.28. The molecule has 0 amide bonds. The topological polar surface area (TPSA) is 41.5 Å². The van der Waals surface area contributed by atoms with Gasteiger partial charge >= 0.3 is 7.12 Å². The number of anilines is 1. The summed E-state index contributed by atoms with van der Waals surface area (Å²) in [7, 11) is -0.794. The van der Waals surface area contributed by atoms with Gasteiger partial charge in [0.2, 0.25) is 0 Å². The second kappa shape index (κ2) is 4.89. The first-order chi connectivity index (χ1) is 7.68. The summed E-state index contributed by atoms with van der Waals surface area (Å²) in [6, 6.07) is 6.02. The van der Waals surface area contributed by atoms with Crippen molar-refractivity contribution in [3.8, 4) is 0 Å². The first-order valence-electron chi connectivity index (χ1n) is 5.84. The van der Waals surface area contributed by atoms with Gasteiger partial charge in [-0.05, 0) is 17.9 Å². The number of benzene rings is 1. The van der Waals surface area contributed by atoms with Crippen molar-refractivity contribution in [1.82, 2.24) is 0 Å². The van der Waals surface area contributed by atoms with Crippen LogP contribution in [0.15, 0.2) is 18.2 Å². The zero-order valence-corrected chi connectivity index (χ0v) is 9.86. The van der Waals surface area contributed by atoms with Gasteiger partial charge in [0, 0.05) is 24.3 Å². The van der Waals surface area contributed by atoms with E-state index in [0.717, 1.165) is 24.1 Å². The van der Waals surface area contributed by atoms with Crippen LogP contribution in [0.3, 0.4) is 0 Å². The molecule has 16 heavy (non-hydrogen) atoms. The van der Waals surface area contributed by atoms with E-state index < -0.39 is 7.12 Å². The summed E-state index contributed by atoms with van der Waals surface area (Å²) in [5.41, 5.74) is 3.17. The van der Waals surface area contributed by atoms with Gasteiger partial charge in [-0.15, -0.1) is 0 Å². The number of fused-ring (bicyclic) bond motifs is 1. The minimum Gasteiger partial charge on any atom is -0.423 e. The normalized spacial score (nSPS) is 15.6. The molecule has 0 atom stereocenters. The van der Waals surface area contributed by atoms with E-state index in [-0.39, 0.29) is 0 Å². The van der Waals surface area contributed by atoms with Crippen LogP contribution in [-0.4, -0.2) is 25.3 Å². The third kappa shape index (κ3) is 2.39. The molecule has 1 heterocycles. The lowest BCUT2D eigenvalue weighted by atomic mass is 9.77. The van der Waals surface area contributed by atoms with Crippen LogP contribution in [0.4, 0.5) is 5.69 Å². The van der Waals surface area contributed by atoms with Crippen molar-refractivity contribution >= 4 is 18.3 Å². The largest absolute Gasteiger partial charge is 0.493 e. The molecule has 3 nitrogen and oxygen atoms in total. The first kappa shape index (κ1) is 11.5. The van der Waals surface area contributed by atoms with E-state index in [4.69, 9.17) is 4.65 Å². The Morgan fingerprint density at radius 2 is 2.31 bits per heavy atom. The molecule has 0 spiro atoms. The predicted molar refractivity (Wildman–Crippen MR) is 67.0 cm³/mol. The van der Waals surface area contributed by atoms with Crippen molar-refractivity contribution in [1.29, 1.82) is 0 Å². The molecular formula is C12H18BNO2. The standard InChI is InChI=1S/C12H18BNO2/c1-9(2)8-10-4-3-5-11-12(10)14-6-7-16-13(11)15/h3-5,9,14-15H,6-8H2,1-2H3. The molecule has 1 aliphatic heterocycles. The van der Waals surface area contributed by atoms with Crippen molar-refractivity contribution in [2.24, 2.45) is 5.92 Å². The second-order valence-electron chi connectivity index (χ2n) is 4.63. The molecule has 2 rings (SSSR count). The number of rotatable bonds is 2.